The second kappa shape index (κ2) is 8.20. The lowest BCUT2D eigenvalue weighted by Gasteiger charge is -2.18. The predicted molar refractivity (Wildman–Crippen MR) is 82.7 cm³/mol. The molecular weight excluding hydrogens is 268 g/mol. The molecule has 5 heteroatoms. The monoisotopic (exact) mass is 294 g/mol. The highest BCUT2D eigenvalue weighted by atomic mass is 16.5. The number of anilines is 1. The van der Waals surface area contributed by atoms with Crippen molar-refractivity contribution >= 4 is 5.69 Å². The van der Waals surface area contributed by atoms with Crippen LogP contribution in [0.5, 0.6) is 5.88 Å². The average molecular weight is 294 g/mol. The van der Waals surface area contributed by atoms with E-state index in [4.69, 9.17) is 9.47 Å². The van der Waals surface area contributed by atoms with E-state index in [9.17, 15) is 5.11 Å². The first kappa shape index (κ1) is 16.0. The van der Waals surface area contributed by atoms with Crippen LogP contribution >= 0.6 is 0 Å². The fourth-order valence-corrected chi connectivity index (χ4v) is 2.43. The van der Waals surface area contributed by atoms with Gasteiger partial charge >= 0.3 is 0 Å². The van der Waals surface area contributed by atoms with Crippen LogP contribution in [0.1, 0.15) is 39.5 Å². The Morgan fingerprint density at radius 1 is 1.38 bits per heavy atom. The Labute approximate surface area is 126 Å². The zero-order chi connectivity index (χ0) is 15.1. The molecule has 1 aliphatic carbocycles. The highest BCUT2D eigenvalue weighted by molar-refractivity contribution is 5.52. The van der Waals surface area contributed by atoms with Crippen molar-refractivity contribution in [2.45, 2.75) is 57.8 Å². The summed E-state index contributed by atoms with van der Waals surface area (Å²) in [6.45, 7) is 4.72. The molecule has 1 saturated carbocycles. The van der Waals surface area contributed by atoms with Crippen molar-refractivity contribution in [2.75, 3.05) is 18.5 Å². The predicted octanol–water partition coefficient (Wildman–Crippen LogP) is 2.60. The molecule has 1 aliphatic rings. The Hall–Kier alpha value is -1.33. The third kappa shape index (κ3) is 5.52. The summed E-state index contributed by atoms with van der Waals surface area (Å²) >= 11 is 0. The first-order valence-corrected chi connectivity index (χ1v) is 7.80. The zero-order valence-electron chi connectivity index (χ0n) is 12.9. The van der Waals surface area contributed by atoms with Gasteiger partial charge in [-0.05, 0) is 38.8 Å². The van der Waals surface area contributed by atoms with Gasteiger partial charge in [0.25, 0.3) is 0 Å². The maximum Gasteiger partial charge on any atom is 0.237 e. The van der Waals surface area contributed by atoms with Crippen LogP contribution in [0, 0.1) is 0 Å². The molecule has 1 aromatic heterocycles. The van der Waals surface area contributed by atoms with E-state index in [0.717, 1.165) is 18.5 Å². The van der Waals surface area contributed by atoms with Crippen molar-refractivity contribution in [1.82, 2.24) is 4.98 Å². The second-order valence-electron chi connectivity index (χ2n) is 5.80. The van der Waals surface area contributed by atoms with Gasteiger partial charge in [0.2, 0.25) is 5.88 Å². The average Bonchev–Trinajstić information content (AvgIpc) is 2.97. The van der Waals surface area contributed by atoms with Crippen LogP contribution in [-0.2, 0) is 4.74 Å². The van der Waals surface area contributed by atoms with E-state index in [-0.39, 0.29) is 6.10 Å². The minimum absolute atomic E-state index is 0.0658. The number of pyridine rings is 1. The molecule has 1 unspecified atom stereocenters. The molecule has 5 nitrogen and oxygen atoms in total. The number of nitrogens with one attached hydrogen (secondary N) is 1. The molecule has 0 radical (unpaired) electrons. The molecule has 1 aromatic rings. The van der Waals surface area contributed by atoms with Crippen molar-refractivity contribution in [3.05, 3.63) is 18.3 Å². The molecule has 2 rings (SSSR count). The van der Waals surface area contributed by atoms with Crippen LogP contribution in [0.2, 0.25) is 0 Å². The summed E-state index contributed by atoms with van der Waals surface area (Å²) in [4.78, 5) is 4.21. The summed E-state index contributed by atoms with van der Waals surface area (Å²) < 4.78 is 11.3. The van der Waals surface area contributed by atoms with Crippen LogP contribution in [0.3, 0.4) is 0 Å². The smallest absolute Gasteiger partial charge is 0.237 e. The largest absolute Gasteiger partial charge is 0.473 e. The van der Waals surface area contributed by atoms with E-state index in [1.807, 2.05) is 26.0 Å². The summed E-state index contributed by atoms with van der Waals surface area (Å²) in [5, 5.41) is 13.2. The molecule has 0 aliphatic heterocycles. The third-order valence-electron chi connectivity index (χ3n) is 3.47. The topological polar surface area (TPSA) is 63.6 Å². The summed E-state index contributed by atoms with van der Waals surface area (Å²) in [6.07, 6.45) is 6.29. The van der Waals surface area contributed by atoms with Crippen molar-refractivity contribution < 1.29 is 14.6 Å². The number of ether oxygens (including phenoxy) is 2. The fourth-order valence-electron chi connectivity index (χ4n) is 2.43. The van der Waals surface area contributed by atoms with E-state index in [1.54, 1.807) is 6.20 Å². The summed E-state index contributed by atoms with van der Waals surface area (Å²) in [5.41, 5.74) is 0.797. The lowest BCUT2D eigenvalue weighted by atomic mass is 10.3. The van der Waals surface area contributed by atoms with Gasteiger partial charge in [0.05, 0.1) is 30.6 Å². The molecule has 0 amide bonds. The first-order valence-electron chi connectivity index (χ1n) is 7.80. The minimum Gasteiger partial charge on any atom is -0.473 e. The number of nitrogens with zero attached hydrogens (tertiary/aromatic N) is 1. The van der Waals surface area contributed by atoms with Crippen LogP contribution in [0.25, 0.3) is 0 Å². The molecule has 0 aromatic carbocycles. The highest BCUT2D eigenvalue weighted by Gasteiger charge is 2.17. The summed E-state index contributed by atoms with van der Waals surface area (Å²) in [6, 6.07) is 3.74. The number of hydrogen-bond acceptors (Lipinski definition) is 5. The van der Waals surface area contributed by atoms with Gasteiger partial charge in [-0.15, -0.1) is 0 Å². The number of aromatic nitrogens is 1. The highest BCUT2D eigenvalue weighted by Crippen LogP contribution is 2.22. The SMILES string of the molecule is CC(C)Oc1ncccc1NCC(O)COC1CCCC1. The van der Waals surface area contributed by atoms with Crippen LogP contribution in [-0.4, -0.2) is 41.6 Å². The quantitative estimate of drug-likeness (QED) is 0.771. The number of hydrogen-bond donors (Lipinski definition) is 2. The Bertz CT molecular complexity index is 420. The number of rotatable bonds is 8. The number of aliphatic hydroxyl groups excluding tert-OH is 1. The van der Waals surface area contributed by atoms with Gasteiger partial charge in [-0.2, -0.15) is 0 Å². The lowest BCUT2D eigenvalue weighted by Crippen LogP contribution is -2.27. The van der Waals surface area contributed by atoms with Crippen LogP contribution in [0.4, 0.5) is 5.69 Å². The maximum atomic E-state index is 9.99. The Morgan fingerprint density at radius 3 is 2.86 bits per heavy atom. The molecule has 1 heterocycles. The van der Waals surface area contributed by atoms with Crippen molar-refractivity contribution in [3.63, 3.8) is 0 Å². The van der Waals surface area contributed by atoms with Crippen molar-refractivity contribution in [2.24, 2.45) is 0 Å². The van der Waals surface area contributed by atoms with E-state index in [0.29, 0.717) is 25.1 Å². The van der Waals surface area contributed by atoms with Gasteiger partial charge in [0.1, 0.15) is 0 Å². The molecule has 0 bridgehead atoms. The third-order valence-corrected chi connectivity index (χ3v) is 3.47. The normalized spacial score (nSPS) is 17.1. The van der Waals surface area contributed by atoms with E-state index < -0.39 is 6.10 Å². The van der Waals surface area contributed by atoms with Gasteiger partial charge in [0.15, 0.2) is 0 Å². The molecule has 0 spiro atoms. The summed E-state index contributed by atoms with van der Waals surface area (Å²) in [7, 11) is 0. The van der Waals surface area contributed by atoms with Crippen LogP contribution < -0.4 is 10.1 Å². The van der Waals surface area contributed by atoms with E-state index in [1.165, 1.54) is 12.8 Å². The van der Waals surface area contributed by atoms with Crippen molar-refractivity contribution in [3.8, 4) is 5.88 Å². The second-order valence-corrected chi connectivity index (χ2v) is 5.80. The van der Waals surface area contributed by atoms with Gasteiger partial charge in [-0.3, -0.25) is 0 Å². The molecule has 1 fully saturated rings. The maximum absolute atomic E-state index is 9.99. The molecule has 21 heavy (non-hydrogen) atoms. The van der Waals surface area contributed by atoms with Gasteiger partial charge in [-0.1, -0.05) is 12.8 Å². The van der Waals surface area contributed by atoms with Crippen LogP contribution in [0.15, 0.2) is 18.3 Å². The Kier molecular flexibility index (Phi) is 6.26. The number of aliphatic hydroxyl groups is 1. The van der Waals surface area contributed by atoms with E-state index >= 15 is 0 Å². The molecule has 1 atom stereocenters. The van der Waals surface area contributed by atoms with Gasteiger partial charge in [0, 0.05) is 12.7 Å². The fraction of sp³-hybridized carbons (Fsp3) is 0.688. The lowest BCUT2D eigenvalue weighted by molar-refractivity contribution is -0.00119. The van der Waals surface area contributed by atoms with Crippen molar-refractivity contribution in [1.29, 1.82) is 0 Å². The van der Waals surface area contributed by atoms with Gasteiger partial charge in [-0.25, -0.2) is 4.98 Å². The zero-order valence-corrected chi connectivity index (χ0v) is 12.9. The minimum atomic E-state index is -0.530. The standard InChI is InChI=1S/C16H26N2O3/c1-12(2)21-16-15(8-5-9-17-16)18-10-13(19)11-20-14-6-3-4-7-14/h5,8-9,12-14,18-19H,3-4,6-7,10-11H2,1-2H3. The Morgan fingerprint density at radius 2 is 2.14 bits per heavy atom. The Balaban J connectivity index is 1.76. The summed E-state index contributed by atoms with van der Waals surface area (Å²) in [5.74, 6) is 0.566. The molecule has 2 N–H and O–H groups in total. The molecular formula is C16H26N2O3. The first-order chi connectivity index (χ1) is 10.1. The van der Waals surface area contributed by atoms with E-state index in [2.05, 4.69) is 10.3 Å². The van der Waals surface area contributed by atoms with Gasteiger partial charge < -0.3 is 19.9 Å². The molecule has 0 saturated heterocycles. The molecule has 118 valence electrons.